The lowest BCUT2D eigenvalue weighted by Gasteiger charge is -2.11. The summed E-state index contributed by atoms with van der Waals surface area (Å²) in [5.41, 5.74) is 9.08. The van der Waals surface area contributed by atoms with Crippen molar-refractivity contribution in [3.05, 3.63) is 59.7 Å². The van der Waals surface area contributed by atoms with E-state index in [0.717, 1.165) is 22.5 Å². The molecule has 33 heavy (non-hydrogen) atoms. The molecule has 2 aromatic carbocycles. The lowest BCUT2D eigenvalue weighted by molar-refractivity contribution is -0.121. The van der Waals surface area contributed by atoms with Gasteiger partial charge in [-0.1, -0.05) is 24.3 Å². The van der Waals surface area contributed by atoms with E-state index < -0.39 is 0 Å². The summed E-state index contributed by atoms with van der Waals surface area (Å²) in [7, 11) is 7.92. The molecule has 0 aliphatic heterocycles. The summed E-state index contributed by atoms with van der Waals surface area (Å²) in [5, 5.41) is 7.97. The summed E-state index contributed by atoms with van der Waals surface area (Å²) in [6.07, 6.45) is 3.91. The van der Waals surface area contributed by atoms with Crippen LogP contribution in [0.15, 0.2) is 58.7 Å². The quantitative estimate of drug-likeness (QED) is 0.284. The third kappa shape index (κ3) is 10.2. The van der Waals surface area contributed by atoms with Crippen LogP contribution >= 0.6 is 11.8 Å². The largest absolute Gasteiger partial charge is 0.378 e. The van der Waals surface area contributed by atoms with Crippen LogP contribution in [0.4, 0.5) is 11.4 Å². The number of carbonyl (C=O) groups excluding carboxylic acids is 2. The van der Waals surface area contributed by atoms with Crippen molar-refractivity contribution in [2.75, 3.05) is 49.5 Å². The van der Waals surface area contributed by atoms with E-state index >= 15 is 0 Å². The maximum atomic E-state index is 11.9. The van der Waals surface area contributed by atoms with E-state index in [0.29, 0.717) is 24.3 Å². The van der Waals surface area contributed by atoms with Gasteiger partial charge in [-0.15, -0.1) is 0 Å². The Hall–Kier alpha value is -3.33. The predicted molar refractivity (Wildman–Crippen MR) is 140 cm³/mol. The maximum Gasteiger partial charge on any atom is 0.240 e. The minimum Gasteiger partial charge on any atom is -0.378 e. The topological polar surface area (TPSA) is 89.4 Å². The fourth-order valence-corrected chi connectivity index (χ4v) is 3.48. The van der Waals surface area contributed by atoms with Crippen LogP contribution in [-0.2, 0) is 9.59 Å². The van der Waals surface area contributed by atoms with Gasteiger partial charge < -0.3 is 9.80 Å². The summed E-state index contributed by atoms with van der Waals surface area (Å²) in [4.78, 5) is 27.8. The summed E-state index contributed by atoms with van der Waals surface area (Å²) < 4.78 is 0. The van der Waals surface area contributed by atoms with Crippen molar-refractivity contribution in [3.8, 4) is 0 Å². The molecule has 0 unspecified atom stereocenters. The highest BCUT2D eigenvalue weighted by Gasteiger charge is 2.03. The molecular formula is C24H32N6O2S. The molecule has 0 radical (unpaired) electrons. The van der Waals surface area contributed by atoms with E-state index in [1.165, 1.54) is 0 Å². The number of hydrazone groups is 2. The van der Waals surface area contributed by atoms with Gasteiger partial charge in [0.25, 0.3) is 0 Å². The Labute approximate surface area is 200 Å². The van der Waals surface area contributed by atoms with Crippen molar-refractivity contribution in [1.29, 1.82) is 0 Å². The van der Waals surface area contributed by atoms with E-state index in [1.807, 2.05) is 86.5 Å². The van der Waals surface area contributed by atoms with Crippen LogP contribution in [0.3, 0.4) is 0 Å². The van der Waals surface area contributed by atoms with Gasteiger partial charge in [-0.2, -0.15) is 22.0 Å². The molecule has 2 aromatic rings. The van der Waals surface area contributed by atoms with E-state index in [-0.39, 0.29) is 11.8 Å². The monoisotopic (exact) mass is 468 g/mol. The van der Waals surface area contributed by atoms with E-state index in [1.54, 1.807) is 24.2 Å². The van der Waals surface area contributed by atoms with Gasteiger partial charge in [-0.05, 0) is 35.4 Å². The molecule has 0 atom stereocenters. The lowest BCUT2D eigenvalue weighted by Crippen LogP contribution is -2.19. The number of benzene rings is 2. The number of thioether (sulfide) groups is 1. The van der Waals surface area contributed by atoms with Crippen LogP contribution in [0.1, 0.15) is 24.0 Å². The van der Waals surface area contributed by atoms with Crippen molar-refractivity contribution in [3.63, 3.8) is 0 Å². The van der Waals surface area contributed by atoms with Gasteiger partial charge in [-0.3, -0.25) is 9.59 Å². The highest BCUT2D eigenvalue weighted by molar-refractivity contribution is 7.99. The normalized spacial score (nSPS) is 11.0. The van der Waals surface area contributed by atoms with Crippen LogP contribution in [0, 0.1) is 0 Å². The first-order valence-corrected chi connectivity index (χ1v) is 11.8. The Kier molecular flexibility index (Phi) is 11.0. The maximum absolute atomic E-state index is 11.9. The summed E-state index contributed by atoms with van der Waals surface area (Å²) >= 11 is 1.54. The van der Waals surface area contributed by atoms with Crippen LogP contribution < -0.4 is 20.7 Å². The molecule has 0 spiro atoms. The Morgan fingerprint density at radius 3 is 1.42 bits per heavy atom. The minimum absolute atomic E-state index is 0.155. The molecule has 0 heterocycles. The SMILES string of the molecule is CN(C)c1ccc(C=NNC(=O)CCSCCC(=O)NN=Cc2ccc(N(C)C)cc2)cc1. The van der Waals surface area contributed by atoms with Crippen molar-refractivity contribution in [2.45, 2.75) is 12.8 Å². The van der Waals surface area contributed by atoms with Crippen LogP contribution in [0.2, 0.25) is 0 Å². The molecule has 0 saturated carbocycles. The Bertz CT molecular complexity index is 863. The molecule has 8 nitrogen and oxygen atoms in total. The molecule has 0 aliphatic carbocycles. The first-order valence-electron chi connectivity index (χ1n) is 10.6. The van der Waals surface area contributed by atoms with Gasteiger partial charge in [0, 0.05) is 63.9 Å². The van der Waals surface area contributed by atoms with Gasteiger partial charge in [0.15, 0.2) is 0 Å². The van der Waals surface area contributed by atoms with Crippen molar-refractivity contribution in [1.82, 2.24) is 10.9 Å². The number of hydrogen-bond donors (Lipinski definition) is 2. The van der Waals surface area contributed by atoms with Gasteiger partial charge in [0.2, 0.25) is 11.8 Å². The lowest BCUT2D eigenvalue weighted by atomic mass is 10.2. The zero-order valence-electron chi connectivity index (χ0n) is 19.6. The predicted octanol–water partition coefficient (Wildman–Crippen LogP) is 2.93. The molecule has 0 aliphatic rings. The average molecular weight is 469 g/mol. The number of anilines is 2. The van der Waals surface area contributed by atoms with Crippen molar-refractivity contribution >= 4 is 47.4 Å². The standard InChI is InChI=1S/C24H32N6O2S/c1-29(2)21-9-5-19(6-10-21)17-25-27-23(31)13-15-33-16-14-24(32)28-26-18-20-7-11-22(12-8-20)30(3)4/h5-12,17-18H,13-16H2,1-4H3,(H,27,31)(H,28,32). The first kappa shape index (κ1) is 25.9. The number of carbonyl (C=O) groups is 2. The second-order valence-electron chi connectivity index (χ2n) is 7.67. The van der Waals surface area contributed by atoms with E-state index in [9.17, 15) is 9.59 Å². The Balaban J connectivity index is 1.56. The fraction of sp³-hybridized carbons (Fsp3) is 0.333. The van der Waals surface area contributed by atoms with Gasteiger partial charge in [0.1, 0.15) is 0 Å². The third-order valence-corrected chi connectivity index (χ3v) is 5.56. The average Bonchev–Trinajstić information content (AvgIpc) is 2.79. The number of rotatable bonds is 12. The number of amides is 2. The third-order valence-electron chi connectivity index (χ3n) is 4.57. The molecule has 0 fully saturated rings. The van der Waals surface area contributed by atoms with E-state index in [4.69, 9.17) is 0 Å². The van der Waals surface area contributed by atoms with Crippen LogP contribution in [0.25, 0.3) is 0 Å². The fourth-order valence-electron chi connectivity index (χ4n) is 2.62. The zero-order chi connectivity index (χ0) is 24.1. The molecule has 0 aromatic heterocycles. The number of nitrogens with one attached hydrogen (secondary N) is 2. The number of nitrogens with zero attached hydrogens (tertiary/aromatic N) is 4. The second-order valence-corrected chi connectivity index (χ2v) is 8.90. The summed E-state index contributed by atoms with van der Waals surface area (Å²) in [5.74, 6) is 0.928. The number of hydrogen-bond acceptors (Lipinski definition) is 7. The second kappa shape index (κ2) is 13.9. The molecule has 2 N–H and O–H groups in total. The molecule has 2 amide bonds. The molecule has 0 bridgehead atoms. The van der Waals surface area contributed by atoms with E-state index in [2.05, 4.69) is 21.1 Å². The highest BCUT2D eigenvalue weighted by Crippen LogP contribution is 2.12. The highest BCUT2D eigenvalue weighted by atomic mass is 32.2. The van der Waals surface area contributed by atoms with Gasteiger partial charge >= 0.3 is 0 Å². The molecule has 9 heteroatoms. The van der Waals surface area contributed by atoms with Gasteiger partial charge in [0.05, 0.1) is 12.4 Å². The van der Waals surface area contributed by atoms with Crippen molar-refractivity contribution < 1.29 is 9.59 Å². The molecule has 176 valence electrons. The smallest absolute Gasteiger partial charge is 0.240 e. The van der Waals surface area contributed by atoms with Crippen molar-refractivity contribution in [2.24, 2.45) is 10.2 Å². The summed E-state index contributed by atoms with van der Waals surface area (Å²) in [6, 6.07) is 15.7. The Morgan fingerprint density at radius 2 is 1.09 bits per heavy atom. The minimum atomic E-state index is -0.155. The first-order chi connectivity index (χ1) is 15.8. The molecule has 2 rings (SSSR count). The summed E-state index contributed by atoms with van der Waals surface area (Å²) in [6.45, 7) is 0. The molecular weight excluding hydrogens is 436 g/mol. The molecule has 0 saturated heterocycles. The Morgan fingerprint density at radius 1 is 0.727 bits per heavy atom. The van der Waals surface area contributed by atoms with Crippen LogP contribution in [-0.4, -0.2) is 63.9 Å². The van der Waals surface area contributed by atoms with Gasteiger partial charge in [-0.25, -0.2) is 10.9 Å². The zero-order valence-corrected chi connectivity index (χ0v) is 20.4. The van der Waals surface area contributed by atoms with Crippen LogP contribution in [0.5, 0.6) is 0 Å².